The van der Waals surface area contributed by atoms with Crippen LogP contribution >= 0.6 is 11.3 Å². The predicted molar refractivity (Wildman–Crippen MR) is 116 cm³/mol. The number of carbonyl (C=O) groups is 1. The van der Waals surface area contributed by atoms with E-state index in [1.807, 2.05) is 13.0 Å². The molecule has 4 heterocycles. The zero-order valence-electron chi connectivity index (χ0n) is 16.9. The van der Waals surface area contributed by atoms with Gasteiger partial charge < -0.3 is 10.2 Å². The van der Waals surface area contributed by atoms with Crippen molar-refractivity contribution < 1.29 is 4.79 Å². The van der Waals surface area contributed by atoms with Crippen LogP contribution < -0.4 is 10.2 Å². The third-order valence-corrected chi connectivity index (χ3v) is 6.11. The second kappa shape index (κ2) is 8.85. The summed E-state index contributed by atoms with van der Waals surface area (Å²) in [6.45, 7) is 6.58. The van der Waals surface area contributed by atoms with Crippen LogP contribution in [-0.4, -0.2) is 64.5 Å². The van der Waals surface area contributed by atoms with E-state index in [4.69, 9.17) is 6.42 Å². The van der Waals surface area contributed by atoms with Crippen molar-refractivity contribution in [1.29, 1.82) is 0 Å². The second-order valence-electron chi connectivity index (χ2n) is 7.43. The van der Waals surface area contributed by atoms with Crippen molar-refractivity contribution in [2.24, 2.45) is 10.2 Å². The fraction of sp³-hybridized carbons (Fsp3) is 0.500. The van der Waals surface area contributed by atoms with Gasteiger partial charge >= 0.3 is 0 Å². The molecule has 0 radical (unpaired) electrons. The van der Waals surface area contributed by atoms with Crippen LogP contribution in [0.1, 0.15) is 34.8 Å². The van der Waals surface area contributed by atoms with Gasteiger partial charge in [-0.3, -0.25) is 9.69 Å². The van der Waals surface area contributed by atoms with Gasteiger partial charge in [0.15, 0.2) is 17.1 Å². The minimum absolute atomic E-state index is 0.215. The molecule has 2 aromatic heterocycles. The van der Waals surface area contributed by atoms with Gasteiger partial charge in [-0.15, -0.1) is 12.3 Å². The molecule has 2 aromatic rings. The summed E-state index contributed by atoms with van der Waals surface area (Å²) < 4.78 is 0. The monoisotopic (exact) mass is 424 g/mol. The molecule has 0 atom stereocenters. The Balaban J connectivity index is 1.31. The number of carbonyl (C=O) groups excluding carboxylic acids is 1. The summed E-state index contributed by atoms with van der Waals surface area (Å²) in [5, 5.41) is 12.3. The summed E-state index contributed by atoms with van der Waals surface area (Å²) in [6, 6.07) is 1.93. The van der Waals surface area contributed by atoms with Crippen LogP contribution in [-0.2, 0) is 0 Å². The highest BCUT2D eigenvalue weighted by atomic mass is 32.1. The lowest BCUT2D eigenvalue weighted by Gasteiger charge is -2.35. The Morgan fingerprint density at radius 1 is 1.27 bits per heavy atom. The maximum Gasteiger partial charge on any atom is 0.193 e. The fourth-order valence-electron chi connectivity index (χ4n) is 3.49. The highest BCUT2D eigenvalue weighted by Crippen LogP contribution is 2.36. The highest BCUT2D eigenvalue weighted by molar-refractivity contribution is 7.17. The molecule has 0 aromatic carbocycles. The number of nitrogens with zero attached hydrogens (tertiary/aromatic N) is 7. The van der Waals surface area contributed by atoms with Gasteiger partial charge in [0.1, 0.15) is 17.5 Å². The summed E-state index contributed by atoms with van der Waals surface area (Å²) in [5.74, 6) is 4.95. The van der Waals surface area contributed by atoms with Crippen LogP contribution in [0.25, 0.3) is 0 Å². The van der Waals surface area contributed by atoms with E-state index >= 15 is 0 Å². The van der Waals surface area contributed by atoms with E-state index in [2.05, 4.69) is 46.2 Å². The predicted octanol–water partition coefficient (Wildman–Crippen LogP) is 2.89. The number of aromatic nitrogens is 3. The molecule has 1 N–H and O–H groups in total. The quantitative estimate of drug-likeness (QED) is 0.488. The lowest BCUT2D eigenvalue weighted by molar-refractivity contribution is 0.112. The van der Waals surface area contributed by atoms with Gasteiger partial charge in [0.25, 0.3) is 0 Å². The SMILES string of the molecule is C#CCCC1(CCN2CCN(c3cc(Nc4ncc(C=O)s4)nc(C)n3)CC2)N=N1. The average Bonchev–Trinajstić information content (AvgIpc) is 3.39. The first-order chi connectivity index (χ1) is 14.6. The third kappa shape index (κ3) is 4.98. The van der Waals surface area contributed by atoms with Gasteiger partial charge in [-0.05, 0) is 6.92 Å². The molecule has 10 heteroatoms. The number of piperazine rings is 1. The summed E-state index contributed by atoms with van der Waals surface area (Å²) in [6.07, 6.45) is 10.2. The normalized spacial score (nSPS) is 17.5. The number of aryl methyl sites for hydroxylation is 1. The van der Waals surface area contributed by atoms with Crippen molar-refractivity contribution in [1.82, 2.24) is 19.9 Å². The van der Waals surface area contributed by atoms with Crippen LogP contribution in [0.3, 0.4) is 0 Å². The number of thiazole rings is 1. The minimum Gasteiger partial charge on any atom is -0.354 e. The molecule has 0 unspecified atom stereocenters. The molecule has 0 bridgehead atoms. The molecule has 1 fully saturated rings. The maximum absolute atomic E-state index is 10.9. The van der Waals surface area contributed by atoms with Crippen molar-refractivity contribution in [3.8, 4) is 12.3 Å². The Hall–Kier alpha value is -2.90. The zero-order chi connectivity index (χ0) is 21.0. The highest BCUT2D eigenvalue weighted by Gasteiger charge is 2.39. The van der Waals surface area contributed by atoms with E-state index in [9.17, 15) is 4.79 Å². The van der Waals surface area contributed by atoms with Crippen molar-refractivity contribution in [3.63, 3.8) is 0 Å². The number of aldehydes is 1. The molecule has 4 rings (SSSR count). The van der Waals surface area contributed by atoms with Gasteiger partial charge in [-0.25, -0.2) is 15.0 Å². The smallest absolute Gasteiger partial charge is 0.193 e. The van der Waals surface area contributed by atoms with Crippen LogP contribution in [0.15, 0.2) is 22.5 Å². The molecule has 0 aliphatic carbocycles. The van der Waals surface area contributed by atoms with Gasteiger partial charge in [0.2, 0.25) is 0 Å². The fourth-order valence-corrected chi connectivity index (χ4v) is 4.13. The second-order valence-corrected chi connectivity index (χ2v) is 8.50. The molecule has 0 spiro atoms. The number of nitrogens with one attached hydrogen (secondary N) is 1. The average molecular weight is 425 g/mol. The number of hydrogen-bond acceptors (Lipinski definition) is 10. The Bertz CT molecular complexity index is 967. The van der Waals surface area contributed by atoms with E-state index < -0.39 is 0 Å². The van der Waals surface area contributed by atoms with Gasteiger partial charge in [0.05, 0.1) is 11.1 Å². The van der Waals surface area contributed by atoms with Crippen molar-refractivity contribution in [2.45, 2.75) is 31.8 Å². The third-order valence-electron chi connectivity index (χ3n) is 5.28. The Kier molecular flexibility index (Phi) is 6.01. The van der Waals surface area contributed by atoms with Crippen LogP contribution in [0.4, 0.5) is 16.8 Å². The molecule has 30 heavy (non-hydrogen) atoms. The number of terminal acetylenes is 1. The molecule has 0 saturated carbocycles. The van der Waals surface area contributed by atoms with Crippen LogP contribution in [0, 0.1) is 19.3 Å². The molecule has 1 saturated heterocycles. The van der Waals surface area contributed by atoms with Gasteiger partial charge in [-0.1, -0.05) is 11.3 Å². The van der Waals surface area contributed by atoms with Crippen molar-refractivity contribution in [2.75, 3.05) is 42.9 Å². The van der Waals surface area contributed by atoms with Crippen molar-refractivity contribution >= 4 is 34.4 Å². The Morgan fingerprint density at radius 2 is 2.07 bits per heavy atom. The first-order valence-corrected chi connectivity index (χ1v) is 10.8. The van der Waals surface area contributed by atoms with Crippen molar-refractivity contribution in [3.05, 3.63) is 23.0 Å². The molecule has 2 aliphatic rings. The number of rotatable bonds is 9. The van der Waals surface area contributed by atoms with E-state index in [0.29, 0.717) is 21.7 Å². The summed E-state index contributed by atoms with van der Waals surface area (Å²) in [5.41, 5.74) is -0.215. The van der Waals surface area contributed by atoms with E-state index in [-0.39, 0.29) is 5.66 Å². The maximum atomic E-state index is 10.9. The molecule has 9 nitrogen and oxygen atoms in total. The Morgan fingerprint density at radius 3 is 2.73 bits per heavy atom. The van der Waals surface area contributed by atoms with E-state index in [1.165, 1.54) is 11.3 Å². The summed E-state index contributed by atoms with van der Waals surface area (Å²) >= 11 is 1.30. The lowest BCUT2D eigenvalue weighted by atomic mass is 10.0. The number of anilines is 3. The standard InChI is InChI=1S/C20H24N8OS/c1-3-4-5-20(25-26-20)6-7-27-8-10-28(11-9-27)18-12-17(22-15(2)23-18)24-19-21-13-16(14-29)30-19/h1,12-14H,4-11H2,2H3,(H,21,22,23,24). The molecular weight excluding hydrogens is 400 g/mol. The Labute approximate surface area is 179 Å². The first-order valence-electron chi connectivity index (χ1n) is 9.98. The van der Waals surface area contributed by atoms with Gasteiger partial charge in [0, 0.05) is 58.1 Å². The molecular formula is C20H24N8OS. The summed E-state index contributed by atoms with van der Waals surface area (Å²) in [7, 11) is 0. The topological polar surface area (TPSA) is 99.0 Å². The molecule has 156 valence electrons. The van der Waals surface area contributed by atoms with E-state index in [0.717, 1.165) is 64.1 Å². The summed E-state index contributed by atoms with van der Waals surface area (Å²) in [4.78, 5) is 29.4. The zero-order valence-corrected chi connectivity index (χ0v) is 17.7. The van der Waals surface area contributed by atoms with Gasteiger partial charge in [-0.2, -0.15) is 10.2 Å². The largest absolute Gasteiger partial charge is 0.354 e. The first kappa shape index (κ1) is 20.4. The molecule has 0 amide bonds. The lowest BCUT2D eigenvalue weighted by Crippen LogP contribution is -2.47. The van der Waals surface area contributed by atoms with E-state index in [1.54, 1.807) is 6.20 Å². The number of hydrogen-bond donors (Lipinski definition) is 1. The minimum atomic E-state index is -0.215. The molecule has 2 aliphatic heterocycles. The van der Waals surface area contributed by atoms with Crippen LogP contribution in [0.2, 0.25) is 0 Å². The van der Waals surface area contributed by atoms with Crippen LogP contribution in [0.5, 0.6) is 0 Å².